The lowest BCUT2D eigenvalue weighted by atomic mass is 10.1. The summed E-state index contributed by atoms with van der Waals surface area (Å²) in [6.45, 7) is -0.0537. The standard InChI is InChI=1S/C20H40N8O6S/c1-35-10-7-13(17(31)27-14(19(33)34)6-4-9-25-20(23)24)26-18(32)15(11-29)28-16(30)12(22)5-2-3-8-21/h12-15,29H,2-11,21-22H2,1H3,(H,26,32)(H,27,31)(H,28,30)(H,33,34)(H4,23,24,25). The number of unbranched alkanes of at least 4 members (excludes halogenated alkanes) is 1. The van der Waals surface area contributed by atoms with Gasteiger partial charge in [-0.2, -0.15) is 11.8 Å². The Morgan fingerprint density at radius 1 is 0.886 bits per heavy atom. The third-order valence-electron chi connectivity index (χ3n) is 4.93. The second kappa shape index (κ2) is 18.7. The zero-order valence-electron chi connectivity index (χ0n) is 20.1. The highest BCUT2D eigenvalue weighted by molar-refractivity contribution is 7.98. The van der Waals surface area contributed by atoms with Crippen LogP contribution in [-0.2, 0) is 19.2 Å². The molecule has 0 fully saturated rings. The van der Waals surface area contributed by atoms with Gasteiger partial charge in [0.2, 0.25) is 17.7 Å². The number of carbonyl (C=O) groups excluding carboxylic acids is 3. The van der Waals surface area contributed by atoms with E-state index in [9.17, 15) is 29.4 Å². The van der Waals surface area contributed by atoms with Crippen LogP contribution >= 0.6 is 11.8 Å². The fourth-order valence-corrected chi connectivity index (χ4v) is 3.39. The molecule has 0 bridgehead atoms. The van der Waals surface area contributed by atoms with Gasteiger partial charge in [0.05, 0.1) is 12.6 Å². The number of carboxylic acids is 1. The van der Waals surface area contributed by atoms with Crippen LogP contribution in [0.3, 0.4) is 0 Å². The highest BCUT2D eigenvalue weighted by Gasteiger charge is 2.29. The summed E-state index contributed by atoms with van der Waals surface area (Å²) in [5, 5.41) is 26.3. The first-order chi connectivity index (χ1) is 16.6. The van der Waals surface area contributed by atoms with Crippen LogP contribution in [0.5, 0.6) is 0 Å². The Morgan fingerprint density at radius 2 is 1.49 bits per heavy atom. The molecule has 13 N–H and O–H groups in total. The molecule has 0 saturated heterocycles. The predicted octanol–water partition coefficient (Wildman–Crippen LogP) is -3.22. The maximum absolute atomic E-state index is 12.8. The number of aliphatic hydroxyl groups excluding tert-OH is 1. The molecule has 0 radical (unpaired) electrons. The maximum Gasteiger partial charge on any atom is 0.326 e. The van der Waals surface area contributed by atoms with E-state index in [1.54, 1.807) is 0 Å². The van der Waals surface area contributed by atoms with Crippen LogP contribution in [0.15, 0.2) is 4.99 Å². The summed E-state index contributed by atoms with van der Waals surface area (Å²) in [4.78, 5) is 53.1. The van der Waals surface area contributed by atoms with Crippen molar-refractivity contribution in [2.24, 2.45) is 27.9 Å². The number of hydrogen-bond donors (Lipinski definition) is 9. The zero-order valence-corrected chi connectivity index (χ0v) is 20.9. The monoisotopic (exact) mass is 520 g/mol. The summed E-state index contributed by atoms with van der Waals surface area (Å²) in [5.41, 5.74) is 21.7. The zero-order chi connectivity index (χ0) is 26.8. The van der Waals surface area contributed by atoms with E-state index in [0.29, 0.717) is 38.0 Å². The van der Waals surface area contributed by atoms with Crippen molar-refractivity contribution >= 4 is 41.4 Å². The molecule has 0 spiro atoms. The van der Waals surface area contributed by atoms with Crippen molar-refractivity contribution in [1.82, 2.24) is 16.0 Å². The van der Waals surface area contributed by atoms with Crippen LogP contribution in [-0.4, -0.2) is 95.7 Å². The van der Waals surface area contributed by atoms with Crippen molar-refractivity contribution in [2.75, 3.05) is 31.7 Å². The Balaban J connectivity index is 5.13. The molecule has 0 aliphatic heterocycles. The molecule has 0 aromatic rings. The van der Waals surface area contributed by atoms with Crippen LogP contribution in [0.2, 0.25) is 0 Å². The Labute approximate surface area is 209 Å². The van der Waals surface area contributed by atoms with Gasteiger partial charge in [-0.05, 0) is 50.7 Å². The fourth-order valence-electron chi connectivity index (χ4n) is 2.92. The van der Waals surface area contributed by atoms with E-state index < -0.39 is 54.5 Å². The van der Waals surface area contributed by atoms with Crippen LogP contribution in [0.4, 0.5) is 0 Å². The third kappa shape index (κ3) is 14.4. The molecule has 0 saturated carbocycles. The molecule has 3 amide bonds. The number of aliphatic carboxylic acids is 1. The van der Waals surface area contributed by atoms with Crippen LogP contribution in [0, 0.1) is 0 Å². The van der Waals surface area contributed by atoms with Gasteiger partial charge in [0, 0.05) is 6.54 Å². The number of nitrogens with one attached hydrogen (secondary N) is 3. The summed E-state index contributed by atoms with van der Waals surface area (Å²) in [6.07, 6.45) is 4.07. The molecule has 4 unspecified atom stereocenters. The van der Waals surface area contributed by atoms with Crippen molar-refractivity contribution in [1.29, 1.82) is 0 Å². The van der Waals surface area contributed by atoms with Crippen molar-refractivity contribution in [3.8, 4) is 0 Å². The first-order valence-electron chi connectivity index (χ1n) is 11.3. The van der Waals surface area contributed by atoms with E-state index in [-0.39, 0.29) is 25.3 Å². The van der Waals surface area contributed by atoms with Crippen LogP contribution in [0.25, 0.3) is 0 Å². The van der Waals surface area contributed by atoms with E-state index >= 15 is 0 Å². The lowest BCUT2D eigenvalue weighted by Gasteiger charge is -2.24. The SMILES string of the molecule is CSCCC(NC(=O)C(CO)NC(=O)C(N)CCCCN)C(=O)NC(CCCN=C(N)N)C(=O)O. The topological polar surface area (TPSA) is 261 Å². The molecule has 0 aliphatic rings. The molecule has 0 aromatic heterocycles. The number of amides is 3. The Hall–Kier alpha value is -2.62. The van der Waals surface area contributed by atoms with E-state index in [2.05, 4.69) is 20.9 Å². The maximum atomic E-state index is 12.8. The largest absolute Gasteiger partial charge is 0.480 e. The van der Waals surface area contributed by atoms with Crippen molar-refractivity contribution in [3.05, 3.63) is 0 Å². The summed E-state index contributed by atoms with van der Waals surface area (Å²) in [6, 6.07) is -4.51. The van der Waals surface area contributed by atoms with Gasteiger partial charge in [0.1, 0.15) is 18.1 Å². The summed E-state index contributed by atoms with van der Waals surface area (Å²) in [7, 11) is 0. The summed E-state index contributed by atoms with van der Waals surface area (Å²) >= 11 is 1.43. The number of nitrogens with two attached hydrogens (primary N) is 4. The van der Waals surface area contributed by atoms with Gasteiger partial charge in [-0.15, -0.1) is 0 Å². The minimum Gasteiger partial charge on any atom is -0.480 e. The quantitative estimate of drug-likeness (QED) is 0.0464. The molecular formula is C20H40N8O6S. The van der Waals surface area contributed by atoms with Crippen molar-refractivity contribution in [3.63, 3.8) is 0 Å². The molecule has 0 aromatic carbocycles. The van der Waals surface area contributed by atoms with Crippen molar-refractivity contribution < 1.29 is 29.4 Å². The number of carbonyl (C=O) groups is 4. The smallest absolute Gasteiger partial charge is 0.326 e. The van der Waals surface area contributed by atoms with E-state index in [0.717, 1.165) is 0 Å². The molecule has 14 nitrogen and oxygen atoms in total. The summed E-state index contributed by atoms with van der Waals surface area (Å²) in [5.74, 6) is -3.00. The normalized spacial score (nSPS) is 14.2. The molecule has 202 valence electrons. The Kier molecular flexibility index (Phi) is 17.3. The molecule has 0 rings (SSSR count). The predicted molar refractivity (Wildman–Crippen MR) is 134 cm³/mol. The molecule has 35 heavy (non-hydrogen) atoms. The first kappa shape index (κ1) is 32.4. The lowest BCUT2D eigenvalue weighted by molar-refractivity contribution is -0.142. The lowest BCUT2D eigenvalue weighted by Crippen LogP contribution is -2.58. The third-order valence-corrected chi connectivity index (χ3v) is 5.57. The van der Waals surface area contributed by atoms with Gasteiger partial charge in [-0.3, -0.25) is 19.4 Å². The average molecular weight is 521 g/mol. The Morgan fingerprint density at radius 3 is 2.03 bits per heavy atom. The number of nitrogens with zero attached hydrogens (tertiary/aromatic N) is 1. The summed E-state index contributed by atoms with van der Waals surface area (Å²) < 4.78 is 0. The minimum atomic E-state index is -1.33. The highest BCUT2D eigenvalue weighted by atomic mass is 32.2. The van der Waals surface area contributed by atoms with Gasteiger partial charge >= 0.3 is 5.97 Å². The number of rotatable bonds is 19. The van der Waals surface area contributed by atoms with Crippen molar-refractivity contribution in [2.45, 2.75) is 62.7 Å². The van der Waals surface area contributed by atoms with E-state index in [4.69, 9.17) is 22.9 Å². The first-order valence-corrected chi connectivity index (χ1v) is 12.7. The van der Waals surface area contributed by atoms with Crippen LogP contribution in [0.1, 0.15) is 38.5 Å². The van der Waals surface area contributed by atoms with Gasteiger partial charge in [0.25, 0.3) is 0 Å². The second-order valence-corrected chi connectivity index (χ2v) is 8.81. The van der Waals surface area contributed by atoms with Gasteiger partial charge in [-0.1, -0.05) is 6.42 Å². The number of carboxylic acid groups (broad SMARTS) is 1. The van der Waals surface area contributed by atoms with E-state index in [1.807, 2.05) is 6.26 Å². The van der Waals surface area contributed by atoms with Gasteiger partial charge in [0.15, 0.2) is 5.96 Å². The molecule has 15 heteroatoms. The second-order valence-electron chi connectivity index (χ2n) is 7.83. The van der Waals surface area contributed by atoms with Gasteiger partial charge < -0.3 is 49.1 Å². The molecule has 4 atom stereocenters. The molecular weight excluding hydrogens is 480 g/mol. The van der Waals surface area contributed by atoms with E-state index in [1.165, 1.54) is 11.8 Å². The fraction of sp³-hybridized carbons (Fsp3) is 0.750. The Bertz CT molecular complexity index is 707. The molecule has 0 heterocycles. The number of guanidine groups is 1. The number of aliphatic imine (C=N–C) groups is 1. The molecule has 0 aliphatic carbocycles. The number of thioether (sulfide) groups is 1. The minimum absolute atomic E-state index is 0.0679. The highest BCUT2D eigenvalue weighted by Crippen LogP contribution is 2.05. The number of hydrogen-bond acceptors (Lipinski definition) is 9. The average Bonchev–Trinajstić information content (AvgIpc) is 2.81. The van der Waals surface area contributed by atoms with Crippen LogP contribution < -0.4 is 38.9 Å². The van der Waals surface area contributed by atoms with Gasteiger partial charge in [-0.25, -0.2) is 4.79 Å². The number of aliphatic hydroxyl groups is 1.